The van der Waals surface area contributed by atoms with Crippen molar-refractivity contribution < 1.29 is 35.6 Å². The predicted octanol–water partition coefficient (Wildman–Crippen LogP) is 6.42. The van der Waals surface area contributed by atoms with Gasteiger partial charge in [-0.05, 0) is 75.2 Å². The fourth-order valence-electron chi connectivity index (χ4n) is 4.29. The van der Waals surface area contributed by atoms with Gasteiger partial charge in [-0.3, -0.25) is 13.9 Å². The average Bonchev–Trinajstić information content (AvgIpc) is 2.91. The van der Waals surface area contributed by atoms with Gasteiger partial charge in [0, 0.05) is 12.1 Å². The van der Waals surface area contributed by atoms with Crippen molar-refractivity contribution in [3.63, 3.8) is 0 Å². The van der Waals surface area contributed by atoms with Crippen molar-refractivity contribution in [3.05, 3.63) is 94.8 Å². The summed E-state index contributed by atoms with van der Waals surface area (Å²) in [4.78, 5) is 28.2. The van der Waals surface area contributed by atoms with Gasteiger partial charge in [0.25, 0.3) is 10.0 Å². The van der Waals surface area contributed by atoms with Crippen molar-refractivity contribution >= 4 is 39.1 Å². The van der Waals surface area contributed by atoms with Gasteiger partial charge in [-0.2, -0.15) is 13.2 Å². The number of anilines is 1. The van der Waals surface area contributed by atoms with Crippen molar-refractivity contribution in [1.29, 1.82) is 0 Å². The van der Waals surface area contributed by atoms with Crippen LogP contribution in [0.15, 0.2) is 77.7 Å². The quantitative estimate of drug-likeness (QED) is 0.259. The molecule has 0 bridgehead atoms. The van der Waals surface area contributed by atoms with E-state index in [-0.39, 0.29) is 17.9 Å². The zero-order valence-electron chi connectivity index (χ0n) is 24.0. The summed E-state index contributed by atoms with van der Waals surface area (Å²) in [6.07, 6.45) is -4.79. The molecular formula is C30H32ClF4N3O4S. The second kappa shape index (κ2) is 13.3. The number of nitrogens with one attached hydrogen (secondary N) is 1. The average molecular weight is 642 g/mol. The molecule has 43 heavy (non-hydrogen) atoms. The second-order valence-electron chi connectivity index (χ2n) is 10.8. The fraction of sp³-hybridized carbons (Fsp3) is 0.333. The van der Waals surface area contributed by atoms with Crippen molar-refractivity contribution in [1.82, 2.24) is 10.2 Å². The van der Waals surface area contributed by atoms with Gasteiger partial charge in [0.05, 0.1) is 21.2 Å². The van der Waals surface area contributed by atoms with Crippen LogP contribution in [0.25, 0.3) is 0 Å². The van der Waals surface area contributed by atoms with Crippen molar-refractivity contribution in [2.75, 3.05) is 10.8 Å². The number of nitrogens with zero attached hydrogens (tertiary/aromatic N) is 2. The summed E-state index contributed by atoms with van der Waals surface area (Å²) in [5.74, 6) is -1.92. The summed E-state index contributed by atoms with van der Waals surface area (Å²) in [7, 11) is -4.59. The number of rotatable bonds is 10. The normalized spacial score (nSPS) is 12.9. The molecule has 0 saturated carbocycles. The first-order chi connectivity index (χ1) is 19.9. The lowest BCUT2D eigenvalue weighted by molar-refractivity contribution is -0.141. The molecule has 0 unspecified atom stereocenters. The fourth-order valence-corrected chi connectivity index (χ4v) is 5.94. The molecule has 2 amide bonds. The lowest BCUT2D eigenvalue weighted by atomic mass is 10.1. The Hall–Kier alpha value is -3.64. The maximum absolute atomic E-state index is 14.0. The van der Waals surface area contributed by atoms with Crippen LogP contribution in [0.4, 0.5) is 23.2 Å². The van der Waals surface area contributed by atoms with Gasteiger partial charge in [0.2, 0.25) is 11.8 Å². The molecule has 7 nitrogen and oxygen atoms in total. The second-order valence-corrected chi connectivity index (χ2v) is 13.1. The number of hydrogen-bond acceptors (Lipinski definition) is 4. The molecule has 0 aliphatic carbocycles. The first-order valence-corrected chi connectivity index (χ1v) is 15.1. The monoisotopic (exact) mass is 641 g/mol. The van der Waals surface area contributed by atoms with Crippen LogP contribution in [-0.2, 0) is 32.3 Å². The molecule has 0 fully saturated rings. The van der Waals surface area contributed by atoms with Crippen LogP contribution in [0.1, 0.15) is 45.2 Å². The van der Waals surface area contributed by atoms with E-state index in [0.29, 0.717) is 15.9 Å². The van der Waals surface area contributed by atoms with Crippen LogP contribution in [0.3, 0.4) is 0 Å². The van der Waals surface area contributed by atoms with E-state index in [9.17, 15) is 35.6 Å². The van der Waals surface area contributed by atoms with Gasteiger partial charge >= 0.3 is 6.18 Å². The molecule has 3 aromatic rings. The van der Waals surface area contributed by atoms with Crippen LogP contribution in [0, 0.1) is 5.82 Å². The number of halogens is 5. The van der Waals surface area contributed by atoms with E-state index in [2.05, 4.69) is 5.32 Å². The summed E-state index contributed by atoms with van der Waals surface area (Å²) in [5.41, 5.74) is -1.97. The van der Waals surface area contributed by atoms with Crippen LogP contribution in [-0.4, -0.2) is 43.3 Å². The van der Waals surface area contributed by atoms with E-state index >= 15 is 0 Å². The first kappa shape index (κ1) is 33.9. The highest BCUT2D eigenvalue weighted by atomic mass is 35.5. The number of hydrogen-bond donors (Lipinski definition) is 1. The molecule has 0 spiro atoms. The minimum atomic E-state index is -4.91. The molecule has 0 aromatic heterocycles. The van der Waals surface area contributed by atoms with Crippen LogP contribution in [0.5, 0.6) is 0 Å². The number of sulfonamides is 1. The number of amides is 2. The highest BCUT2D eigenvalue weighted by molar-refractivity contribution is 7.92. The van der Waals surface area contributed by atoms with E-state index in [1.165, 1.54) is 48.5 Å². The van der Waals surface area contributed by atoms with Gasteiger partial charge in [-0.25, -0.2) is 12.8 Å². The molecule has 13 heteroatoms. The number of alkyl halides is 3. The molecule has 232 valence electrons. The molecule has 0 heterocycles. The largest absolute Gasteiger partial charge is 0.417 e. The van der Waals surface area contributed by atoms with Gasteiger partial charge < -0.3 is 10.2 Å². The van der Waals surface area contributed by atoms with E-state index in [1.807, 2.05) is 0 Å². The van der Waals surface area contributed by atoms with Gasteiger partial charge in [-0.15, -0.1) is 0 Å². The molecular weight excluding hydrogens is 610 g/mol. The third-order valence-corrected chi connectivity index (χ3v) is 8.42. The summed E-state index contributed by atoms with van der Waals surface area (Å²) in [6, 6.07) is 13.5. The summed E-state index contributed by atoms with van der Waals surface area (Å²) < 4.78 is 83.0. The molecule has 0 aliphatic heterocycles. The third-order valence-electron chi connectivity index (χ3n) is 6.30. The molecule has 1 N–H and O–H groups in total. The molecule has 1 atom stereocenters. The summed E-state index contributed by atoms with van der Waals surface area (Å²) >= 11 is 5.79. The highest BCUT2D eigenvalue weighted by Crippen LogP contribution is 2.38. The summed E-state index contributed by atoms with van der Waals surface area (Å²) in [6.45, 7) is 5.74. The number of carbonyl (C=O) groups is 2. The van der Waals surface area contributed by atoms with E-state index in [4.69, 9.17) is 11.6 Å². The molecule has 3 rings (SSSR count). The zero-order valence-corrected chi connectivity index (χ0v) is 25.5. The number of carbonyl (C=O) groups excluding carboxylic acids is 2. The van der Waals surface area contributed by atoms with Crippen molar-refractivity contribution in [2.45, 2.75) is 63.3 Å². The third kappa shape index (κ3) is 8.70. The molecule has 3 aromatic carbocycles. The van der Waals surface area contributed by atoms with Gasteiger partial charge in [0.1, 0.15) is 18.4 Å². The topological polar surface area (TPSA) is 86.8 Å². The van der Waals surface area contributed by atoms with E-state index < -0.39 is 68.2 Å². The lowest BCUT2D eigenvalue weighted by Gasteiger charge is -2.35. The Morgan fingerprint density at radius 1 is 0.953 bits per heavy atom. The van der Waals surface area contributed by atoms with Crippen LogP contribution in [0.2, 0.25) is 5.02 Å². The zero-order chi connectivity index (χ0) is 32.2. The lowest BCUT2D eigenvalue weighted by Crippen LogP contribution is -2.55. The molecule has 0 aliphatic rings. The van der Waals surface area contributed by atoms with Crippen molar-refractivity contribution in [3.8, 4) is 0 Å². The van der Waals surface area contributed by atoms with Crippen LogP contribution < -0.4 is 9.62 Å². The highest BCUT2D eigenvalue weighted by Gasteiger charge is 2.37. The van der Waals surface area contributed by atoms with E-state index in [0.717, 1.165) is 17.0 Å². The maximum atomic E-state index is 14.0. The van der Waals surface area contributed by atoms with Gasteiger partial charge in [-0.1, -0.05) is 48.9 Å². The smallest absolute Gasteiger partial charge is 0.350 e. The molecule has 0 radical (unpaired) electrons. The Morgan fingerprint density at radius 3 is 2.09 bits per heavy atom. The SMILES string of the molecule is CC[C@H](C(=O)NC(C)(C)C)N(Cc1ccc(F)cc1)C(=O)CN(c1ccc(Cl)c(C(F)(F)F)c1)S(=O)(=O)c1ccccc1. The Morgan fingerprint density at radius 2 is 1.56 bits per heavy atom. The standard InChI is InChI=1S/C30H32ClF4N3O4S/c1-5-26(28(40)36-29(2,3)4)37(18-20-11-13-21(32)14-12-20)27(39)19-38(43(41,42)23-9-7-6-8-10-23)22-15-16-25(31)24(17-22)30(33,34)35/h6-17,26H,5,18-19H2,1-4H3,(H,36,40)/t26-/m1/s1. The maximum Gasteiger partial charge on any atom is 0.417 e. The Kier molecular flexibility index (Phi) is 10.5. The molecule has 0 saturated heterocycles. The first-order valence-electron chi connectivity index (χ1n) is 13.2. The predicted molar refractivity (Wildman–Crippen MR) is 156 cm³/mol. The van der Waals surface area contributed by atoms with E-state index in [1.54, 1.807) is 33.8 Å². The Bertz CT molecular complexity index is 1540. The summed E-state index contributed by atoms with van der Waals surface area (Å²) in [5, 5.41) is 2.16. The number of benzene rings is 3. The van der Waals surface area contributed by atoms with Crippen molar-refractivity contribution in [2.24, 2.45) is 0 Å². The van der Waals surface area contributed by atoms with Crippen LogP contribution >= 0.6 is 11.6 Å². The van der Waals surface area contributed by atoms with Gasteiger partial charge in [0.15, 0.2) is 0 Å². The minimum absolute atomic E-state index is 0.124. The minimum Gasteiger partial charge on any atom is -0.350 e. The Balaban J connectivity index is 2.14. The Labute approximate surface area is 253 Å².